The normalized spacial score (nSPS) is 16.7. The highest BCUT2D eigenvalue weighted by atomic mass is 16.5. The van der Waals surface area contributed by atoms with E-state index in [-0.39, 0.29) is 5.97 Å². The molecule has 0 aliphatic carbocycles. The molecule has 0 fully saturated rings. The predicted octanol–water partition coefficient (Wildman–Crippen LogP) is 1.89. The van der Waals surface area contributed by atoms with E-state index in [0.29, 0.717) is 12.0 Å². The quantitative estimate of drug-likeness (QED) is 0.675. The van der Waals surface area contributed by atoms with Crippen molar-refractivity contribution in [3.8, 4) is 0 Å². The lowest BCUT2D eigenvalue weighted by Crippen LogP contribution is -2.52. The minimum absolute atomic E-state index is 0.200. The number of carbonyl (C=O) groups excluding carboxylic acids is 1. The van der Waals surface area contributed by atoms with E-state index in [1.54, 1.807) is 7.05 Å². The number of hydrogen-bond donors (Lipinski definition) is 1. The van der Waals surface area contributed by atoms with Crippen molar-refractivity contribution in [2.75, 3.05) is 27.7 Å². The Morgan fingerprint density at radius 2 is 1.94 bits per heavy atom. The summed E-state index contributed by atoms with van der Waals surface area (Å²) < 4.78 is 4.87. The maximum atomic E-state index is 11.8. The average Bonchev–Trinajstić information content (AvgIpc) is 2.34. The molecule has 0 aromatic heterocycles. The van der Waals surface area contributed by atoms with Crippen molar-refractivity contribution in [2.45, 2.75) is 52.1 Å². The van der Waals surface area contributed by atoms with Gasteiger partial charge in [0.2, 0.25) is 0 Å². The molecule has 0 heterocycles. The molecule has 2 atom stereocenters. The fraction of sp³-hybridized carbons (Fsp3) is 0.929. The largest absolute Gasteiger partial charge is 0.468 e. The van der Waals surface area contributed by atoms with Crippen molar-refractivity contribution < 1.29 is 9.53 Å². The van der Waals surface area contributed by atoms with Crippen LogP contribution >= 0.6 is 0 Å². The number of nitrogens with one attached hydrogen (secondary N) is 1. The lowest BCUT2D eigenvalue weighted by molar-refractivity contribution is -0.148. The summed E-state index contributed by atoms with van der Waals surface area (Å²) in [5.74, 6) is 0.505. The molecule has 0 saturated heterocycles. The average molecular weight is 258 g/mol. The fourth-order valence-corrected chi connectivity index (χ4v) is 1.94. The van der Waals surface area contributed by atoms with Gasteiger partial charge in [-0.15, -0.1) is 0 Å². The third kappa shape index (κ3) is 5.36. The van der Waals surface area contributed by atoms with Crippen LogP contribution in [-0.2, 0) is 9.53 Å². The third-order valence-electron chi connectivity index (χ3n) is 3.70. The minimum Gasteiger partial charge on any atom is -0.468 e. The molecule has 108 valence electrons. The van der Waals surface area contributed by atoms with Gasteiger partial charge >= 0.3 is 5.97 Å². The SMILES string of the molecule is CNC(C)(CC(C)N(C)CCC(C)C)C(=O)OC. The second-order valence-electron chi connectivity index (χ2n) is 5.79. The first-order valence-electron chi connectivity index (χ1n) is 6.74. The highest BCUT2D eigenvalue weighted by Crippen LogP contribution is 2.17. The Morgan fingerprint density at radius 1 is 1.39 bits per heavy atom. The summed E-state index contributed by atoms with van der Waals surface area (Å²) in [5, 5.41) is 3.08. The molecule has 4 heteroatoms. The lowest BCUT2D eigenvalue weighted by Gasteiger charge is -2.33. The summed E-state index contributed by atoms with van der Waals surface area (Å²) in [6.07, 6.45) is 1.92. The molecule has 4 nitrogen and oxygen atoms in total. The van der Waals surface area contributed by atoms with Gasteiger partial charge in [-0.2, -0.15) is 0 Å². The first kappa shape index (κ1) is 17.4. The van der Waals surface area contributed by atoms with E-state index >= 15 is 0 Å². The highest BCUT2D eigenvalue weighted by Gasteiger charge is 2.34. The maximum absolute atomic E-state index is 11.8. The molecule has 2 unspecified atom stereocenters. The van der Waals surface area contributed by atoms with Gasteiger partial charge in [-0.3, -0.25) is 4.79 Å². The lowest BCUT2D eigenvalue weighted by atomic mass is 9.93. The number of carbonyl (C=O) groups is 1. The Hall–Kier alpha value is -0.610. The monoisotopic (exact) mass is 258 g/mol. The molecule has 0 aliphatic rings. The Kier molecular flexibility index (Phi) is 7.48. The van der Waals surface area contributed by atoms with Crippen LogP contribution in [0, 0.1) is 5.92 Å². The number of methoxy groups -OCH3 is 1. The van der Waals surface area contributed by atoms with Crippen LogP contribution in [0.4, 0.5) is 0 Å². The van der Waals surface area contributed by atoms with Crippen molar-refractivity contribution in [1.82, 2.24) is 10.2 Å². The van der Waals surface area contributed by atoms with Gasteiger partial charge in [0.1, 0.15) is 5.54 Å². The van der Waals surface area contributed by atoms with Crippen molar-refractivity contribution >= 4 is 5.97 Å². The molecule has 0 aromatic carbocycles. The third-order valence-corrected chi connectivity index (χ3v) is 3.70. The first-order chi connectivity index (χ1) is 8.26. The number of nitrogens with zero attached hydrogens (tertiary/aromatic N) is 1. The van der Waals surface area contributed by atoms with Gasteiger partial charge in [0.15, 0.2) is 0 Å². The predicted molar refractivity (Wildman–Crippen MR) is 75.6 cm³/mol. The van der Waals surface area contributed by atoms with Gasteiger partial charge in [-0.1, -0.05) is 13.8 Å². The summed E-state index contributed by atoms with van der Waals surface area (Å²) in [6.45, 7) is 9.56. The zero-order valence-corrected chi connectivity index (χ0v) is 13.0. The summed E-state index contributed by atoms with van der Waals surface area (Å²) in [6, 6.07) is 0.334. The Labute approximate surface area is 112 Å². The van der Waals surface area contributed by atoms with Gasteiger partial charge in [0, 0.05) is 6.04 Å². The number of ether oxygens (including phenoxy) is 1. The van der Waals surface area contributed by atoms with Gasteiger partial charge in [-0.05, 0) is 53.2 Å². The van der Waals surface area contributed by atoms with Crippen LogP contribution in [-0.4, -0.2) is 50.2 Å². The van der Waals surface area contributed by atoms with Crippen LogP contribution < -0.4 is 5.32 Å². The van der Waals surface area contributed by atoms with Crippen LogP contribution in [0.1, 0.15) is 40.5 Å². The molecule has 0 aromatic rings. The second kappa shape index (κ2) is 7.74. The number of esters is 1. The van der Waals surface area contributed by atoms with E-state index in [4.69, 9.17) is 4.74 Å². The Balaban J connectivity index is 4.42. The molecule has 0 spiro atoms. The van der Waals surface area contributed by atoms with E-state index in [1.165, 1.54) is 13.5 Å². The zero-order chi connectivity index (χ0) is 14.3. The number of likely N-dealkylation sites (N-methyl/N-ethyl adjacent to an activating group) is 1. The molecule has 0 bridgehead atoms. The van der Waals surface area contributed by atoms with Crippen molar-refractivity contribution in [2.24, 2.45) is 5.92 Å². The van der Waals surface area contributed by atoms with E-state index in [0.717, 1.165) is 13.0 Å². The van der Waals surface area contributed by atoms with E-state index < -0.39 is 5.54 Å². The van der Waals surface area contributed by atoms with Crippen LogP contribution in [0.15, 0.2) is 0 Å². The molecule has 0 radical (unpaired) electrons. The van der Waals surface area contributed by atoms with Crippen molar-refractivity contribution in [1.29, 1.82) is 0 Å². The summed E-state index contributed by atoms with van der Waals surface area (Å²) in [4.78, 5) is 14.1. The maximum Gasteiger partial charge on any atom is 0.325 e. The standard InChI is InChI=1S/C14H30N2O2/c1-11(2)8-9-16(6)12(3)10-14(4,15-5)13(17)18-7/h11-12,15H,8-10H2,1-7H3. The molecule has 0 rings (SSSR count). The molecule has 0 saturated carbocycles. The van der Waals surface area contributed by atoms with Gasteiger partial charge in [0.25, 0.3) is 0 Å². The molecular formula is C14H30N2O2. The van der Waals surface area contributed by atoms with Crippen LogP contribution in [0.2, 0.25) is 0 Å². The van der Waals surface area contributed by atoms with Crippen molar-refractivity contribution in [3.05, 3.63) is 0 Å². The van der Waals surface area contributed by atoms with E-state index in [9.17, 15) is 4.79 Å². The van der Waals surface area contributed by atoms with Crippen LogP contribution in [0.25, 0.3) is 0 Å². The first-order valence-corrected chi connectivity index (χ1v) is 6.74. The smallest absolute Gasteiger partial charge is 0.325 e. The Bertz CT molecular complexity index is 256. The van der Waals surface area contributed by atoms with E-state index in [1.807, 2.05) is 6.92 Å². The molecule has 0 aliphatic heterocycles. The van der Waals surface area contributed by atoms with E-state index in [2.05, 4.69) is 38.0 Å². The van der Waals surface area contributed by atoms with Gasteiger partial charge in [-0.25, -0.2) is 0 Å². The van der Waals surface area contributed by atoms with Crippen molar-refractivity contribution in [3.63, 3.8) is 0 Å². The van der Waals surface area contributed by atoms with Crippen LogP contribution in [0.3, 0.4) is 0 Å². The summed E-state index contributed by atoms with van der Waals surface area (Å²) in [5.41, 5.74) is -0.611. The fourth-order valence-electron chi connectivity index (χ4n) is 1.94. The zero-order valence-electron chi connectivity index (χ0n) is 13.0. The number of hydrogen-bond acceptors (Lipinski definition) is 4. The van der Waals surface area contributed by atoms with Gasteiger partial charge in [0.05, 0.1) is 7.11 Å². The molecular weight excluding hydrogens is 228 g/mol. The molecule has 1 N–H and O–H groups in total. The topological polar surface area (TPSA) is 41.6 Å². The minimum atomic E-state index is -0.611. The Morgan fingerprint density at radius 3 is 2.33 bits per heavy atom. The second-order valence-corrected chi connectivity index (χ2v) is 5.79. The highest BCUT2D eigenvalue weighted by molar-refractivity contribution is 5.80. The summed E-state index contributed by atoms with van der Waals surface area (Å²) >= 11 is 0. The molecule has 0 amide bonds. The van der Waals surface area contributed by atoms with Crippen LogP contribution in [0.5, 0.6) is 0 Å². The number of rotatable bonds is 8. The van der Waals surface area contributed by atoms with Gasteiger partial charge < -0.3 is 15.0 Å². The molecule has 18 heavy (non-hydrogen) atoms. The summed E-state index contributed by atoms with van der Waals surface area (Å²) in [7, 11) is 5.35.